The molecule has 1 saturated heterocycles. The minimum atomic E-state index is -1.04. The fraction of sp³-hybridized carbons (Fsp3) is 0.200. The third kappa shape index (κ3) is 4.55. The van der Waals surface area contributed by atoms with Crippen molar-refractivity contribution in [2.24, 2.45) is 0 Å². The summed E-state index contributed by atoms with van der Waals surface area (Å²) in [4.78, 5) is 50.5. The van der Waals surface area contributed by atoms with Gasteiger partial charge in [0.2, 0.25) is 5.91 Å². The van der Waals surface area contributed by atoms with E-state index >= 15 is 0 Å². The summed E-state index contributed by atoms with van der Waals surface area (Å²) < 4.78 is 5.03. The molecule has 8 nitrogen and oxygen atoms in total. The molecule has 0 radical (unpaired) electrons. The molecule has 5 amide bonds. The molecule has 0 spiro atoms. The summed E-state index contributed by atoms with van der Waals surface area (Å²) in [5, 5.41) is 3.25. The maximum Gasteiger partial charge on any atom is 0.339 e. The molecule has 1 N–H and O–H groups in total. The van der Waals surface area contributed by atoms with Crippen LogP contribution in [0.4, 0.5) is 10.5 Å². The first-order chi connectivity index (χ1) is 13.9. The molecule has 0 unspecified atom stereocenters. The van der Waals surface area contributed by atoms with Gasteiger partial charge in [-0.1, -0.05) is 23.7 Å². The number of rotatable bonds is 7. The van der Waals surface area contributed by atoms with E-state index < -0.39 is 30.3 Å². The minimum absolute atomic E-state index is 0.222. The summed E-state index contributed by atoms with van der Waals surface area (Å²) in [6.45, 7) is -0.219. The normalized spacial score (nSPS) is 13.8. The number of carbonyl (C=O) groups excluding carboxylic acids is 4. The number of ether oxygens (including phenoxy) is 1. The smallest absolute Gasteiger partial charge is 0.339 e. The van der Waals surface area contributed by atoms with Crippen LogP contribution in [0.3, 0.4) is 0 Å². The molecular formula is C20H18ClN3O5. The van der Waals surface area contributed by atoms with Gasteiger partial charge in [-0.3, -0.25) is 14.4 Å². The molecule has 0 aliphatic carbocycles. The van der Waals surface area contributed by atoms with Crippen molar-refractivity contribution < 1.29 is 23.9 Å². The molecule has 150 valence electrons. The maximum atomic E-state index is 12.5. The number of amides is 5. The number of benzene rings is 2. The Kier molecular flexibility index (Phi) is 6.13. The molecule has 2 aromatic carbocycles. The van der Waals surface area contributed by atoms with E-state index in [0.29, 0.717) is 28.6 Å². The molecule has 3 rings (SSSR count). The number of hydrogen-bond acceptors (Lipinski definition) is 5. The zero-order valence-electron chi connectivity index (χ0n) is 15.6. The van der Waals surface area contributed by atoms with Crippen LogP contribution in [0.15, 0.2) is 48.5 Å². The predicted octanol–water partition coefficient (Wildman–Crippen LogP) is 2.00. The van der Waals surface area contributed by atoms with Gasteiger partial charge in [-0.15, -0.1) is 0 Å². The van der Waals surface area contributed by atoms with Crippen LogP contribution < -0.4 is 15.0 Å². The maximum absolute atomic E-state index is 12.5. The SMILES string of the molecule is COc1ccc(N2C(=O)C(=O)N(CC(=O)NCCc3ccc(Cl)cc3)C2=O)cc1. The van der Waals surface area contributed by atoms with E-state index in [1.54, 1.807) is 24.3 Å². The summed E-state index contributed by atoms with van der Waals surface area (Å²) in [6, 6.07) is 12.4. The highest BCUT2D eigenvalue weighted by Crippen LogP contribution is 2.24. The summed E-state index contributed by atoms with van der Waals surface area (Å²) in [6.07, 6.45) is 0.557. The summed E-state index contributed by atoms with van der Waals surface area (Å²) >= 11 is 5.82. The first kappa shape index (κ1) is 20.3. The van der Waals surface area contributed by atoms with Gasteiger partial charge in [-0.2, -0.15) is 0 Å². The van der Waals surface area contributed by atoms with Crippen LogP contribution in [-0.4, -0.2) is 48.9 Å². The van der Waals surface area contributed by atoms with Gasteiger partial charge in [0.05, 0.1) is 12.8 Å². The lowest BCUT2D eigenvalue weighted by Crippen LogP contribution is -2.42. The van der Waals surface area contributed by atoms with Gasteiger partial charge in [0.25, 0.3) is 0 Å². The van der Waals surface area contributed by atoms with E-state index in [-0.39, 0.29) is 5.69 Å². The Morgan fingerprint density at radius 2 is 1.66 bits per heavy atom. The minimum Gasteiger partial charge on any atom is -0.497 e. The summed E-state index contributed by atoms with van der Waals surface area (Å²) in [5.74, 6) is -2.05. The predicted molar refractivity (Wildman–Crippen MR) is 106 cm³/mol. The summed E-state index contributed by atoms with van der Waals surface area (Å²) in [7, 11) is 1.48. The monoisotopic (exact) mass is 415 g/mol. The van der Waals surface area contributed by atoms with Gasteiger partial charge in [0.1, 0.15) is 12.3 Å². The molecule has 0 bridgehead atoms. The number of carbonyl (C=O) groups is 4. The Bertz CT molecular complexity index is 944. The van der Waals surface area contributed by atoms with Crippen LogP contribution in [0.2, 0.25) is 5.02 Å². The van der Waals surface area contributed by atoms with Crippen LogP contribution in [0.1, 0.15) is 5.56 Å². The van der Waals surface area contributed by atoms with Crippen molar-refractivity contribution in [3.8, 4) is 5.75 Å². The third-order valence-corrected chi connectivity index (χ3v) is 4.59. The molecule has 1 aliphatic heterocycles. The number of anilines is 1. The second-order valence-corrected chi connectivity index (χ2v) is 6.68. The molecule has 29 heavy (non-hydrogen) atoms. The number of nitrogens with one attached hydrogen (secondary N) is 1. The molecule has 9 heteroatoms. The lowest BCUT2D eigenvalue weighted by molar-refractivity contribution is -0.140. The quantitative estimate of drug-likeness (QED) is 0.551. The van der Waals surface area contributed by atoms with E-state index in [2.05, 4.69) is 5.32 Å². The third-order valence-electron chi connectivity index (χ3n) is 4.33. The number of hydrogen-bond donors (Lipinski definition) is 1. The highest BCUT2D eigenvalue weighted by Gasteiger charge is 2.46. The average Bonchev–Trinajstić information content (AvgIpc) is 2.93. The van der Waals surface area contributed by atoms with E-state index in [0.717, 1.165) is 10.5 Å². The lowest BCUT2D eigenvalue weighted by Gasteiger charge is -2.15. The zero-order chi connectivity index (χ0) is 21.0. The molecule has 0 aromatic heterocycles. The van der Waals surface area contributed by atoms with Crippen LogP contribution in [-0.2, 0) is 20.8 Å². The highest BCUT2D eigenvalue weighted by molar-refractivity contribution is 6.53. The van der Waals surface area contributed by atoms with Gasteiger partial charge in [0.15, 0.2) is 0 Å². The zero-order valence-corrected chi connectivity index (χ0v) is 16.3. The largest absolute Gasteiger partial charge is 0.497 e. The molecule has 1 heterocycles. The Morgan fingerprint density at radius 3 is 2.28 bits per heavy atom. The van der Waals surface area contributed by atoms with Crippen molar-refractivity contribution in [2.45, 2.75) is 6.42 Å². The molecule has 1 fully saturated rings. The summed E-state index contributed by atoms with van der Waals surface area (Å²) in [5.41, 5.74) is 1.20. The van der Waals surface area contributed by atoms with Crippen molar-refractivity contribution in [1.82, 2.24) is 10.2 Å². The van der Waals surface area contributed by atoms with Gasteiger partial charge < -0.3 is 10.1 Å². The molecule has 1 aliphatic rings. The molecule has 0 atom stereocenters. The Morgan fingerprint density at radius 1 is 1.00 bits per heavy atom. The fourth-order valence-corrected chi connectivity index (χ4v) is 2.93. The van der Waals surface area contributed by atoms with Crippen molar-refractivity contribution in [3.63, 3.8) is 0 Å². The van der Waals surface area contributed by atoms with E-state index in [1.807, 2.05) is 12.1 Å². The topological polar surface area (TPSA) is 96.0 Å². The number of methoxy groups -OCH3 is 1. The lowest BCUT2D eigenvalue weighted by atomic mass is 10.1. The first-order valence-corrected chi connectivity index (χ1v) is 9.13. The second-order valence-electron chi connectivity index (χ2n) is 6.24. The van der Waals surface area contributed by atoms with Crippen LogP contribution in [0.25, 0.3) is 0 Å². The van der Waals surface area contributed by atoms with E-state index in [9.17, 15) is 19.2 Å². The number of urea groups is 1. The van der Waals surface area contributed by atoms with Crippen molar-refractivity contribution in [3.05, 3.63) is 59.1 Å². The van der Waals surface area contributed by atoms with Crippen molar-refractivity contribution >= 4 is 41.0 Å². The number of imide groups is 2. The fourth-order valence-electron chi connectivity index (χ4n) is 2.80. The molecule has 0 saturated carbocycles. The van der Waals surface area contributed by atoms with E-state index in [1.165, 1.54) is 19.2 Å². The Hall–Kier alpha value is -3.39. The van der Waals surface area contributed by atoms with Crippen LogP contribution in [0, 0.1) is 0 Å². The number of nitrogens with zero attached hydrogens (tertiary/aromatic N) is 2. The van der Waals surface area contributed by atoms with Gasteiger partial charge in [-0.05, 0) is 48.4 Å². The number of halogens is 1. The highest BCUT2D eigenvalue weighted by atomic mass is 35.5. The van der Waals surface area contributed by atoms with E-state index in [4.69, 9.17) is 16.3 Å². The van der Waals surface area contributed by atoms with Crippen LogP contribution in [0.5, 0.6) is 5.75 Å². The van der Waals surface area contributed by atoms with Crippen LogP contribution >= 0.6 is 11.6 Å². The second kappa shape index (κ2) is 8.74. The van der Waals surface area contributed by atoms with Crippen molar-refractivity contribution in [1.29, 1.82) is 0 Å². The molecular weight excluding hydrogens is 398 g/mol. The average molecular weight is 416 g/mol. The van der Waals surface area contributed by atoms with Gasteiger partial charge >= 0.3 is 17.8 Å². The Balaban J connectivity index is 1.59. The first-order valence-electron chi connectivity index (χ1n) is 8.76. The Labute approximate surface area is 172 Å². The van der Waals surface area contributed by atoms with Gasteiger partial charge in [0, 0.05) is 11.6 Å². The molecule has 2 aromatic rings. The van der Waals surface area contributed by atoms with Gasteiger partial charge in [-0.25, -0.2) is 14.6 Å². The standard InChI is InChI=1S/C20H18ClN3O5/c1-29-16-8-6-15(7-9-16)24-19(27)18(26)23(20(24)28)12-17(25)22-11-10-13-2-4-14(21)5-3-13/h2-9H,10-12H2,1H3,(H,22,25). The van der Waals surface area contributed by atoms with Crippen molar-refractivity contribution in [2.75, 3.05) is 25.1 Å².